The van der Waals surface area contributed by atoms with Crippen molar-refractivity contribution in [2.24, 2.45) is 0 Å². The molecule has 182 valence electrons. The van der Waals surface area contributed by atoms with Crippen LogP contribution in [0, 0.1) is 0 Å². The van der Waals surface area contributed by atoms with Gasteiger partial charge in [-0.1, -0.05) is 111 Å². The molecule has 0 aliphatic carbocycles. The molecule has 30 heavy (non-hydrogen) atoms. The Balaban J connectivity index is 0. The van der Waals surface area contributed by atoms with Crippen LogP contribution in [0.3, 0.4) is 0 Å². The molecule has 0 bridgehead atoms. The molecule has 3 nitrogen and oxygen atoms in total. The van der Waals surface area contributed by atoms with E-state index in [1.54, 1.807) is 0 Å². The van der Waals surface area contributed by atoms with Gasteiger partial charge < -0.3 is 23.0 Å². The minimum absolute atomic E-state index is 0. The van der Waals surface area contributed by atoms with Crippen molar-refractivity contribution in [1.82, 2.24) is 5.32 Å². The van der Waals surface area contributed by atoms with E-state index in [2.05, 4.69) is 31.4 Å². The molecule has 0 unspecified atom stereocenters. The minimum atomic E-state index is 0. The van der Waals surface area contributed by atoms with Crippen molar-refractivity contribution in [3.8, 4) is 0 Å². The molecular formula is C26H55ClN2O. The molecule has 0 saturated heterocycles. The van der Waals surface area contributed by atoms with E-state index in [4.69, 9.17) is 0 Å². The lowest BCUT2D eigenvalue weighted by atomic mass is 10.0. The van der Waals surface area contributed by atoms with Gasteiger partial charge in [0.1, 0.15) is 0 Å². The highest BCUT2D eigenvalue weighted by atomic mass is 35.5. The molecule has 0 aromatic carbocycles. The highest BCUT2D eigenvalue weighted by Gasteiger charge is 2.05. The number of carbonyl (C=O) groups is 1. The molecular weight excluding hydrogens is 392 g/mol. The number of unbranched alkanes of at least 4 members (excludes halogenated alkanes) is 14. The van der Waals surface area contributed by atoms with E-state index in [1.807, 2.05) is 0 Å². The van der Waals surface area contributed by atoms with Gasteiger partial charge in [-0.2, -0.15) is 0 Å². The average molecular weight is 447 g/mol. The van der Waals surface area contributed by atoms with Crippen molar-refractivity contribution in [3.63, 3.8) is 0 Å². The smallest absolute Gasteiger partial charge is 0.219 e. The van der Waals surface area contributed by atoms with Crippen LogP contribution in [0.2, 0.25) is 0 Å². The third kappa shape index (κ3) is 24.0. The third-order valence-corrected chi connectivity index (χ3v) is 6.26. The van der Waals surface area contributed by atoms with Crippen LogP contribution < -0.4 is 23.0 Å². The fourth-order valence-electron chi connectivity index (χ4n) is 4.05. The number of halogens is 1. The Bertz CT molecular complexity index is 335. The number of amides is 1. The van der Waals surface area contributed by atoms with Crippen LogP contribution in [0.4, 0.5) is 0 Å². The van der Waals surface area contributed by atoms with Gasteiger partial charge in [0.05, 0.1) is 12.6 Å². The molecule has 0 aromatic rings. The van der Waals surface area contributed by atoms with Gasteiger partial charge in [-0.05, 0) is 19.3 Å². The lowest BCUT2D eigenvalue weighted by molar-refractivity contribution is -0.689. The zero-order chi connectivity index (χ0) is 21.4. The van der Waals surface area contributed by atoms with Gasteiger partial charge in [-0.3, -0.25) is 4.79 Å². The van der Waals surface area contributed by atoms with Crippen LogP contribution in [0.1, 0.15) is 143 Å². The highest BCUT2D eigenvalue weighted by Crippen LogP contribution is 2.13. The summed E-state index contributed by atoms with van der Waals surface area (Å²) in [6.45, 7) is 8.77. The number of hydrogen-bond acceptors (Lipinski definition) is 1. The van der Waals surface area contributed by atoms with E-state index >= 15 is 0 Å². The van der Waals surface area contributed by atoms with E-state index in [9.17, 15) is 4.79 Å². The molecule has 0 spiro atoms. The zero-order valence-corrected chi connectivity index (χ0v) is 21.5. The van der Waals surface area contributed by atoms with Gasteiger partial charge in [0.15, 0.2) is 0 Å². The molecule has 0 radical (unpaired) electrons. The molecule has 1 amide bonds. The zero-order valence-electron chi connectivity index (χ0n) is 20.8. The Labute approximate surface area is 195 Å². The summed E-state index contributed by atoms with van der Waals surface area (Å²) in [6.07, 6.45) is 24.8. The Hall–Kier alpha value is -0.280. The second-order valence-electron chi connectivity index (χ2n) is 9.00. The van der Waals surface area contributed by atoms with E-state index in [1.165, 1.54) is 103 Å². The van der Waals surface area contributed by atoms with Crippen LogP contribution in [0.5, 0.6) is 0 Å². The number of nitrogens with two attached hydrogens (primary N) is 1. The fraction of sp³-hybridized carbons (Fsp3) is 0.962. The fourth-order valence-corrected chi connectivity index (χ4v) is 4.05. The van der Waals surface area contributed by atoms with E-state index in [-0.39, 0.29) is 18.3 Å². The average Bonchev–Trinajstić information content (AvgIpc) is 2.73. The van der Waals surface area contributed by atoms with Crippen molar-refractivity contribution in [2.45, 2.75) is 149 Å². The predicted molar refractivity (Wildman–Crippen MR) is 128 cm³/mol. The number of nitrogens with one attached hydrogen (secondary N) is 1. The van der Waals surface area contributed by atoms with Gasteiger partial charge in [-0.15, -0.1) is 0 Å². The molecule has 0 heterocycles. The molecule has 4 heteroatoms. The molecule has 0 rings (SSSR count). The Morgan fingerprint density at radius 3 is 1.53 bits per heavy atom. The molecule has 0 aliphatic rings. The predicted octanol–water partition coefficient (Wildman–Crippen LogP) is 3.51. The van der Waals surface area contributed by atoms with Crippen LogP contribution in [0.25, 0.3) is 0 Å². The second kappa shape index (κ2) is 26.8. The van der Waals surface area contributed by atoms with Crippen molar-refractivity contribution >= 4 is 5.91 Å². The Kier molecular flexibility index (Phi) is 28.5. The SMILES string of the molecule is CCCCCCCCCCCCCCCCCC(=O)NCCC[NH2+]C(CC)CC.[Cl-]. The van der Waals surface area contributed by atoms with Gasteiger partial charge in [0.2, 0.25) is 5.91 Å². The summed E-state index contributed by atoms with van der Waals surface area (Å²) in [4.78, 5) is 11.9. The van der Waals surface area contributed by atoms with E-state index in [0.29, 0.717) is 6.42 Å². The second-order valence-corrected chi connectivity index (χ2v) is 9.00. The molecule has 0 atom stereocenters. The first-order valence-electron chi connectivity index (χ1n) is 13.3. The first-order valence-corrected chi connectivity index (χ1v) is 13.3. The van der Waals surface area contributed by atoms with Crippen LogP contribution in [0.15, 0.2) is 0 Å². The highest BCUT2D eigenvalue weighted by molar-refractivity contribution is 5.75. The number of hydrogen-bond donors (Lipinski definition) is 2. The summed E-state index contributed by atoms with van der Waals surface area (Å²) in [5.74, 6) is 0.252. The van der Waals surface area contributed by atoms with Gasteiger partial charge in [0.25, 0.3) is 0 Å². The third-order valence-electron chi connectivity index (χ3n) is 6.26. The molecule has 0 fully saturated rings. The van der Waals surface area contributed by atoms with E-state index in [0.717, 1.165) is 32.0 Å². The van der Waals surface area contributed by atoms with E-state index < -0.39 is 0 Å². The lowest BCUT2D eigenvalue weighted by Crippen LogP contribution is -3.00. The maximum Gasteiger partial charge on any atom is 0.219 e. The molecule has 3 N–H and O–H groups in total. The van der Waals surface area contributed by atoms with Crippen molar-refractivity contribution < 1.29 is 22.5 Å². The van der Waals surface area contributed by atoms with Crippen molar-refractivity contribution in [1.29, 1.82) is 0 Å². The minimum Gasteiger partial charge on any atom is -1.00 e. The first kappa shape index (κ1) is 31.9. The van der Waals surface area contributed by atoms with Gasteiger partial charge in [-0.25, -0.2) is 0 Å². The normalized spacial score (nSPS) is 10.9. The molecule has 0 aromatic heterocycles. The van der Waals surface area contributed by atoms with Gasteiger partial charge >= 0.3 is 0 Å². The van der Waals surface area contributed by atoms with Crippen molar-refractivity contribution in [3.05, 3.63) is 0 Å². The topological polar surface area (TPSA) is 45.7 Å². The Morgan fingerprint density at radius 2 is 1.10 bits per heavy atom. The molecule has 0 saturated carbocycles. The monoisotopic (exact) mass is 446 g/mol. The Morgan fingerprint density at radius 1 is 0.667 bits per heavy atom. The van der Waals surface area contributed by atoms with Crippen molar-refractivity contribution in [2.75, 3.05) is 13.1 Å². The standard InChI is InChI=1S/C26H54N2O.ClH/c1-4-7-8-9-10-11-12-13-14-15-16-17-18-19-20-22-26(29)28-24-21-23-27-25(5-2)6-3;/h25,27H,4-24H2,1-3H3,(H,28,29);1H. The van der Waals surface area contributed by atoms with Crippen LogP contribution in [-0.4, -0.2) is 25.0 Å². The summed E-state index contributed by atoms with van der Waals surface area (Å²) in [5, 5.41) is 5.51. The number of quaternary nitrogens is 1. The summed E-state index contributed by atoms with van der Waals surface area (Å²) in [5.41, 5.74) is 0. The van der Waals surface area contributed by atoms with Crippen LogP contribution in [-0.2, 0) is 4.79 Å². The summed E-state index contributed by atoms with van der Waals surface area (Å²) >= 11 is 0. The quantitative estimate of drug-likeness (QED) is 0.232. The first-order chi connectivity index (χ1) is 14.2. The maximum absolute atomic E-state index is 11.9. The largest absolute Gasteiger partial charge is 1.00 e. The van der Waals surface area contributed by atoms with Gasteiger partial charge in [0, 0.05) is 19.4 Å². The lowest BCUT2D eigenvalue weighted by Gasteiger charge is -2.11. The summed E-state index contributed by atoms with van der Waals surface area (Å²) in [7, 11) is 0. The van der Waals surface area contributed by atoms with Crippen LogP contribution >= 0.6 is 0 Å². The summed E-state index contributed by atoms with van der Waals surface area (Å²) < 4.78 is 0. The number of rotatable bonds is 23. The maximum atomic E-state index is 11.9. The summed E-state index contributed by atoms with van der Waals surface area (Å²) in [6, 6.07) is 0.756. The number of carbonyl (C=O) groups excluding carboxylic acids is 1. The molecule has 0 aliphatic heterocycles.